The summed E-state index contributed by atoms with van der Waals surface area (Å²) in [5.41, 5.74) is 3.05. The minimum Gasteiger partial charge on any atom is -0.489 e. The van der Waals surface area contributed by atoms with Crippen LogP contribution in [0.2, 0.25) is 10.0 Å². The number of para-hydroxylation sites is 1. The second kappa shape index (κ2) is 8.78. The summed E-state index contributed by atoms with van der Waals surface area (Å²) < 4.78 is 16.5. The van der Waals surface area contributed by atoms with Gasteiger partial charge in [0.05, 0.1) is 29.5 Å². The summed E-state index contributed by atoms with van der Waals surface area (Å²) in [7, 11) is 0. The molecular formula is C18H16Cl2N2O4. The average Bonchev–Trinajstić information content (AvgIpc) is 2.87. The number of amides is 1. The molecule has 1 N–H and O–H groups in total. The van der Waals surface area contributed by atoms with Crippen LogP contribution in [0.15, 0.2) is 41.5 Å². The Kier molecular flexibility index (Phi) is 6.20. The van der Waals surface area contributed by atoms with Crippen LogP contribution in [0, 0.1) is 0 Å². The van der Waals surface area contributed by atoms with Gasteiger partial charge in [0.15, 0.2) is 18.1 Å². The van der Waals surface area contributed by atoms with Gasteiger partial charge < -0.3 is 14.2 Å². The van der Waals surface area contributed by atoms with Gasteiger partial charge in [-0.1, -0.05) is 35.3 Å². The summed E-state index contributed by atoms with van der Waals surface area (Å²) in [5.74, 6) is 1.10. The second-order valence-electron chi connectivity index (χ2n) is 5.39. The Morgan fingerprint density at radius 2 is 2.00 bits per heavy atom. The number of hydrogen-bond acceptors (Lipinski definition) is 5. The highest BCUT2D eigenvalue weighted by molar-refractivity contribution is 6.32. The van der Waals surface area contributed by atoms with Crippen molar-refractivity contribution in [2.45, 2.75) is 6.42 Å². The number of hydrogen-bond donors (Lipinski definition) is 1. The lowest BCUT2D eigenvalue weighted by atomic mass is 10.2. The Balaban J connectivity index is 1.56. The summed E-state index contributed by atoms with van der Waals surface area (Å²) in [6.45, 7) is 0.907. The van der Waals surface area contributed by atoms with E-state index in [1.165, 1.54) is 6.21 Å². The molecule has 0 radical (unpaired) electrons. The fraction of sp³-hybridized carbons (Fsp3) is 0.222. The van der Waals surface area contributed by atoms with Gasteiger partial charge in [0.25, 0.3) is 5.91 Å². The standard InChI is InChI=1S/C18H16Cl2N2O4/c19-13-4-1-2-5-15(13)26-11-17(23)22-21-10-12-8-14(20)18-16(9-12)24-6-3-7-25-18/h1-2,4-5,8-10H,3,6-7,11H2,(H,22,23)/b21-10-. The molecule has 0 fully saturated rings. The molecular weight excluding hydrogens is 379 g/mol. The fourth-order valence-electron chi connectivity index (χ4n) is 2.24. The number of carbonyl (C=O) groups is 1. The summed E-state index contributed by atoms with van der Waals surface area (Å²) in [6.07, 6.45) is 2.25. The van der Waals surface area contributed by atoms with Crippen molar-refractivity contribution < 1.29 is 19.0 Å². The maximum Gasteiger partial charge on any atom is 0.277 e. The van der Waals surface area contributed by atoms with Crippen molar-refractivity contribution >= 4 is 35.3 Å². The summed E-state index contributed by atoms with van der Waals surface area (Å²) in [5, 5.41) is 4.76. The molecule has 2 aromatic rings. The van der Waals surface area contributed by atoms with E-state index in [1.54, 1.807) is 36.4 Å². The van der Waals surface area contributed by atoms with Gasteiger partial charge in [-0.3, -0.25) is 4.79 Å². The van der Waals surface area contributed by atoms with Gasteiger partial charge in [-0.15, -0.1) is 0 Å². The molecule has 1 amide bonds. The zero-order chi connectivity index (χ0) is 18.4. The fourth-order valence-corrected chi connectivity index (χ4v) is 2.71. The van der Waals surface area contributed by atoms with Crippen molar-refractivity contribution in [2.24, 2.45) is 5.10 Å². The molecule has 1 heterocycles. The van der Waals surface area contributed by atoms with Crippen LogP contribution in [0.5, 0.6) is 17.2 Å². The van der Waals surface area contributed by atoms with Gasteiger partial charge >= 0.3 is 0 Å². The van der Waals surface area contributed by atoms with Crippen LogP contribution in [0.25, 0.3) is 0 Å². The molecule has 0 saturated carbocycles. The predicted octanol–water partition coefficient (Wildman–Crippen LogP) is 3.68. The molecule has 2 aromatic carbocycles. The van der Waals surface area contributed by atoms with Crippen LogP contribution in [0.1, 0.15) is 12.0 Å². The van der Waals surface area contributed by atoms with E-state index in [1.807, 2.05) is 0 Å². The highest BCUT2D eigenvalue weighted by Gasteiger charge is 2.15. The lowest BCUT2D eigenvalue weighted by Crippen LogP contribution is -2.24. The number of nitrogens with one attached hydrogen (secondary N) is 1. The molecule has 1 aliphatic heterocycles. The Morgan fingerprint density at radius 1 is 1.19 bits per heavy atom. The third-order valence-electron chi connectivity index (χ3n) is 3.42. The minimum atomic E-state index is -0.415. The van der Waals surface area contributed by atoms with E-state index in [-0.39, 0.29) is 6.61 Å². The van der Waals surface area contributed by atoms with E-state index in [2.05, 4.69) is 10.5 Å². The molecule has 0 saturated heterocycles. The summed E-state index contributed by atoms with van der Waals surface area (Å²) >= 11 is 12.2. The maximum absolute atomic E-state index is 11.8. The highest BCUT2D eigenvalue weighted by atomic mass is 35.5. The van der Waals surface area contributed by atoms with Crippen LogP contribution in [0.4, 0.5) is 0 Å². The van der Waals surface area contributed by atoms with Crippen molar-refractivity contribution in [1.82, 2.24) is 5.43 Å². The molecule has 8 heteroatoms. The average molecular weight is 395 g/mol. The van der Waals surface area contributed by atoms with Gasteiger partial charge in [0.2, 0.25) is 0 Å². The minimum absolute atomic E-state index is 0.205. The topological polar surface area (TPSA) is 69.2 Å². The first kappa shape index (κ1) is 18.4. The van der Waals surface area contributed by atoms with E-state index in [9.17, 15) is 4.79 Å². The molecule has 0 bridgehead atoms. The van der Waals surface area contributed by atoms with Crippen LogP contribution >= 0.6 is 23.2 Å². The van der Waals surface area contributed by atoms with Gasteiger partial charge in [-0.05, 0) is 29.8 Å². The van der Waals surface area contributed by atoms with Crippen molar-refractivity contribution in [1.29, 1.82) is 0 Å². The summed E-state index contributed by atoms with van der Waals surface area (Å²) in [6, 6.07) is 10.3. The largest absolute Gasteiger partial charge is 0.489 e. The molecule has 0 aliphatic carbocycles. The Morgan fingerprint density at radius 3 is 2.85 bits per heavy atom. The van der Waals surface area contributed by atoms with Crippen LogP contribution in [0.3, 0.4) is 0 Å². The Hall–Kier alpha value is -2.44. The predicted molar refractivity (Wildman–Crippen MR) is 99.7 cm³/mol. The number of halogens is 2. The zero-order valence-electron chi connectivity index (χ0n) is 13.7. The smallest absolute Gasteiger partial charge is 0.277 e. The molecule has 0 atom stereocenters. The third kappa shape index (κ3) is 4.80. The summed E-state index contributed by atoms with van der Waals surface area (Å²) in [4.78, 5) is 11.8. The Labute approximate surface area is 160 Å². The molecule has 0 aromatic heterocycles. The van der Waals surface area contributed by atoms with E-state index in [0.29, 0.717) is 46.1 Å². The molecule has 26 heavy (non-hydrogen) atoms. The van der Waals surface area contributed by atoms with E-state index in [4.69, 9.17) is 37.4 Å². The van der Waals surface area contributed by atoms with E-state index >= 15 is 0 Å². The Bertz CT molecular complexity index is 827. The SMILES string of the molecule is O=C(COc1ccccc1Cl)N/N=C\c1cc(Cl)c2c(c1)OCCCO2. The quantitative estimate of drug-likeness (QED) is 0.620. The van der Waals surface area contributed by atoms with Crippen molar-refractivity contribution in [3.63, 3.8) is 0 Å². The van der Waals surface area contributed by atoms with Crippen LogP contribution in [-0.4, -0.2) is 31.9 Å². The molecule has 3 rings (SSSR count). The van der Waals surface area contributed by atoms with Crippen molar-refractivity contribution in [3.8, 4) is 17.2 Å². The first-order chi connectivity index (χ1) is 12.6. The zero-order valence-corrected chi connectivity index (χ0v) is 15.2. The number of fused-ring (bicyclic) bond motifs is 1. The molecule has 0 unspecified atom stereocenters. The van der Waals surface area contributed by atoms with Crippen molar-refractivity contribution in [3.05, 3.63) is 52.0 Å². The number of nitrogens with zero attached hydrogens (tertiary/aromatic N) is 1. The number of ether oxygens (including phenoxy) is 3. The lowest BCUT2D eigenvalue weighted by Gasteiger charge is -2.09. The highest BCUT2D eigenvalue weighted by Crippen LogP contribution is 2.37. The normalized spacial score (nSPS) is 13.3. The molecule has 1 aliphatic rings. The van der Waals surface area contributed by atoms with Crippen LogP contribution < -0.4 is 19.6 Å². The first-order valence-corrected chi connectivity index (χ1v) is 8.67. The lowest BCUT2D eigenvalue weighted by molar-refractivity contribution is -0.123. The number of benzene rings is 2. The first-order valence-electron chi connectivity index (χ1n) is 7.92. The van der Waals surface area contributed by atoms with E-state index < -0.39 is 5.91 Å². The number of rotatable bonds is 5. The van der Waals surface area contributed by atoms with Crippen molar-refractivity contribution in [2.75, 3.05) is 19.8 Å². The number of carbonyl (C=O) groups excluding carboxylic acids is 1. The molecule has 0 spiro atoms. The van der Waals surface area contributed by atoms with Gasteiger partial charge in [0, 0.05) is 6.42 Å². The van der Waals surface area contributed by atoms with Gasteiger partial charge in [-0.2, -0.15) is 5.10 Å². The van der Waals surface area contributed by atoms with E-state index in [0.717, 1.165) is 6.42 Å². The van der Waals surface area contributed by atoms with Gasteiger partial charge in [-0.25, -0.2) is 5.43 Å². The van der Waals surface area contributed by atoms with Crippen LogP contribution in [-0.2, 0) is 4.79 Å². The number of hydrazone groups is 1. The molecule has 6 nitrogen and oxygen atoms in total. The molecule has 136 valence electrons. The van der Waals surface area contributed by atoms with Gasteiger partial charge in [0.1, 0.15) is 5.75 Å². The monoisotopic (exact) mass is 394 g/mol. The second-order valence-corrected chi connectivity index (χ2v) is 6.21. The maximum atomic E-state index is 11.8. The third-order valence-corrected chi connectivity index (χ3v) is 4.02.